The van der Waals surface area contributed by atoms with Crippen LogP contribution in [0.15, 0.2) is 53.1 Å². The molecule has 0 spiro atoms. The molecule has 4 rings (SSSR count). The Bertz CT molecular complexity index is 924. The second-order valence-corrected chi connectivity index (χ2v) is 7.18. The smallest absolute Gasteiger partial charge is 0.169 e. The minimum absolute atomic E-state index is 0.0762. The lowest BCUT2D eigenvalue weighted by Crippen LogP contribution is -2.48. The van der Waals surface area contributed by atoms with Crippen LogP contribution >= 0.6 is 0 Å². The summed E-state index contributed by atoms with van der Waals surface area (Å²) in [6.45, 7) is 4.06. The zero-order chi connectivity index (χ0) is 18.3. The van der Waals surface area contributed by atoms with Crippen molar-refractivity contribution >= 4 is 11.0 Å². The molecule has 0 amide bonds. The van der Waals surface area contributed by atoms with Crippen molar-refractivity contribution in [3.63, 3.8) is 0 Å². The third-order valence-electron chi connectivity index (χ3n) is 5.50. The first-order valence-electron chi connectivity index (χ1n) is 8.83. The summed E-state index contributed by atoms with van der Waals surface area (Å²) < 4.78 is 33.4. The number of likely N-dealkylation sites (tertiary alicyclic amines) is 1. The highest BCUT2D eigenvalue weighted by Gasteiger charge is 2.42. The summed E-state index contributed by atoms with van der Waals surface area (Å²) in [6, 6.07) is 12.6. The second-order valence-electron chi connectivity index (χ2n) is 7.18. The third-order valence-corrected chi connectivity index (χ3v) is 5.50. The lowest BCUT2D eigenvalue weighted by atomic mass is 9.76. The molecule has 2 unspecified atom stereocenters. The molecule has 1 aromatic heterocycles. The van der Waals surface area contributed by atoms with Crippen LogP contribution in [0.5, 0.6) is 0 Å². The number of aliphatic hydroxyl groups is 1. The first kappa shape index (κ1) is 17.2. The Balaban J connectivity index is 1.62. The molecule has 1 saturated heterocycles. The van der Waals surface area contributed by atoms with Gasteiger partial charge in [0.2, 0.25) is 0 Å². The minimum Gasteiger partial charge on any atom is -0.464 e. The first-order valence-corrected chi connectivity index (χ1v) is 8.83. The Labute approximate surface area is 150 Å². The number of halogens is 2. The highest BCUT2D eigenvalue weighted by Crippen LogP contribution is 2.42. The Morgan fingerprint density at radius 1 is 1.23 bits per heavy atom. The number of hydrogen-bond acceptors (Lipinski definition) is 3. The molecule has 2 heterocycles. The van der Waals surface area contributed by atoms with Gasteiger partial charge in [-0.1, -0.05) is 37.3 Å². The summed E-state index contributed by atoms with van der Waals surface area (Å²) in [5, 5.41) is 11.4. The summed E-state index contributed by atoms with van der Waals surface area (Å²) in [5.74, 6) is -2.05. The van der Waals surface area contributed by atoms with E-state index in [2.05, 4.69) is 17.0 Å². The van der Waals surface area contributed by atoms with Gasteiger partial charge in [-0.05, 0) is 24.1 Å². The van der Waals surface area contributed by atoms with Crippen molar-refractivity contribution in [3.05, 3.63) is 71.5 Å². The molecule has 3 nitrogen and oxygen atoms in total. The van der Waals surface area contributed by atoms with Gasteiger partial charge in [0, 0.05) is 31.1 Å². The fourth-order valence-corrected chi connectivity index (χ4v) is 3.99. The number of nitrogens with zero attached hydrogens (tertiary/aromatic N) is 1. The summed E-state index contributed by atoms with van der Waals surface area (Å²) >= 11 is 0. The van der Waals surface area contributed by atoms with Crippen molar-refractivity contribution in [3.8, 4) is 0 Å². The third kappa shape index (κ3) is 2.81. The molecule has 1 N–H and O–H groups in total. The lowest BCUT2D eigenvalue weighted by molar-refractivity contribution is -0.0724. The predicted octanol–water partition coefficient (Wildman–Crippen LogP) is 4.44. The van der Waals surface area contributed by atoms with Gasteiger partial charge in [0.15, 0.2) is 11.6 Å². The van der Waals surface area contributed by atoms with E-state index in [1.807, 2.05) is 25.1 Å². The van der Waals surface area contributed by atoms with Crippen LogP contribution in [0.1, 0.15) is 24.5 Å². The topological polar surface area (TPSA) is 36.6 Å². The van der Waals surface area contributed by atoms with Gasteiger partial charge >= 0.3 is 0 Å². The number of hydrogen-bond donors (Lipinski definition) is 1. The molecule has 1 aliphatic heterocycles. The number of benzene rings is 2. The van der Waals surface area contributed by atoms with E-state index in [1.54, 1.807) is 0 Å². The Morgan fingerprint density at radius 3 is 2.73 bits per heavy atom. The molecule has 0 bridgehead atoms. The van der Waals surface area contributed by atoms with Crippen molar-refractivity contribution < 1.29 is 18.3 Å². The van der Waals surface area contributed by atoms with Gasteiger partial charge < -0.3 is 9.52 Å². The number of rotatable bonds is 3. The largest absolute Gasteiger partial charge is 0.464 e. The summed E-state index contributed by atoms with van der Waals surface area (Å²) in [5.41, 5.74) is 0.530. The standard InChI is InChI=1S/C21H21F2NO2/c1-14-12-24(13-15-5-3-2-4-6-15)9-8-21(14,25)17-11-18(22)19(23)16-7-10-26-20(16)17/h2-7,10-11,14,25H,8-9,12-13H2,1H3. The van der Waals surface area contributed by atoms with Crippen molar-refractivity contribution in [2.45, 2.75) is 25.5 Å². The van der Waals surface area contributed by atoms with Crippen LogP contribution in [0, 0.1) is 17.6 Å². The number of fused-ring (bicyclic) bond motifs is 1. The van der Waals surface area contributed by atoms with E-state index in [-0.39, 0.29) is 16.9 Å². The molecule has 26 heavy (non-hydrogen) atoms. The maximum Gasteiger partial charge on any atom is 0.169 e. The molecular weight excluding hydrogens is 336 g/mol. The molecule has 0 aliphatic carbocycles. The number of furan rings is 1. The molecule has 3 aromatic rings. The predicted molar refractivity (Wildman–Crippen MR) is 95.5 cm³/mol. The average molecular weight is 357 g/mol. The average Bonchev–Trinajstić information content (AvgIpc) is 3.12. The fourth-order valence-electron chi connectivity index (χ4n) is 3.99. The molecule has 0 saturated carbocycles. The molecule has 1 fully saturated rings. The number of piperidine rings is 1. The Kier molecular flexibility index (Phi) is 4.29. The van der Waals surface area contributed by atoms with Gasteiger partial charge in [-0.2, -0.15) is 0 Å². The summed E-state index contributed by atoms with van der Waals surface area (Å²) in [6.07, 6.45) is 1.76. The van der Waals surface area contributed by atoms with Crippen molar-refractivity contribution in [1.82, 2.24) is 4.90 Å². The van der Waals surface area contributed by atoms with E-state index in [9.17, 15) is 13.9 Å². The quantitative estimate of drug-likeness (QED) is 0.753. The van der Waals surface area contributed by atoms with Gasteiger partial charge in [0.25, 0.3) is 0 Å². The minimum atomic E-state index is -1.25. The van der Waals surface area contributed by atoms with Crippen LogP contribution in [-0.2, 0) is 12.1 Å². The fraction of sp³-hybridized carbons (Fsp3) is 0.333. The van der Waals surface area contributed by atoms with E-state index in [1.165, 1.54) is 17.9 Å². The van der Waals surface area contributed by atoms with Crippen molar-refractivity contribution in [2.75, 3.05) is 13.1 Å². The zero-order valence-electron chi connectivity index (χ0n) is 14.6. The summed E-state index contributed by atoms with van der Waals surface area (Å²) in [4.78, 5) is 2.27. The van der Waals surface area contributed by atoms with Gasteiger partial charge in [0.05, 0.1) is 17.3 Å². The van der Waals surface area contributed by atoms with Crippen LogP contribution in [0.4, 0.5) is 8.78 Å². The van der Waals surface area contributed by atoms with Crippen LogP contribution in [0.2, 0.25) is 0 Å². The zero-order valence-corrected chi connectivity index (χ0v) is 14.6. The van der Waals surface area contributed by atoms with Crippen LogP contribution < -0.4 is 0 Å². The van der Waals surface area contributed by atoms with Gasteiger partial charge in [0.1, 0.15) is 5.58 Å². The van der Waals surface area contributed by atoms with Gasteiger partial charge in [-0.25, -0.2) is 8.78 Å². The molecule has 5 heteroatoms. The maximum absolute atomic E-state index is 14.1. The van der Waals surface area contributed by atoms with Crippen LogP contribution in [0.25, 0.3) is 11.0 Å². The molecule has 136 valence electrons. The van der Waals surface area contributed by atoms with Gasteiger partial charge in [-0.15, -0.1) is 0 Å². The SMILES string of the molecule is CC1CN(Cc2ccccc2)CCC1(O)c1cc(F)c(F)c2ccoc12. The van der Waals surface area contributed by atoms with Crippen LogP contribution in [0.3, 0.4) is 0 Å². The summed E-state index contributed by atoms with van der Waals surface area (Å²) in [7, 11) is 0. The van der Waals surface area contributed by atoms with Crippen molar-refractivity contribution in [1.29, 1.82) is 0 Å². The van der Waals surface area contributed by atoms with Crippen molar-refractivity contribution in [2.24, 2.45) is 5.92 Å². The van der Waals surface area contributed by atoms with E-state index in [0.29, 0.717) is 25.1 Å². The Morgan fingerprint density at radius 2 is 2.00 bits per heavy atom. The van der Waals surface area contributed by atoms with E-state index < -0.39 is 17.2 Å². The second kappa shape index (κ2) is 6.49. The van der Waals surface area contributed by atoms with Gasteiger partial charge in [-0.3, -0.25) is 4.90 Å². The van der Waals surface area contributed by atoms with Crippen LogP contribution in [-0.4, -0.2) is 23.1 Å². The molecule has 0 radical (unpaired) electrons. The normalized spacial score (nSPS) is 24.2. The molecular formula is C21H21F2NO2. The lowest BCUT2D eigenvalue weighted by Gasteiger charge is -2.43. The molecule has 2 atom stereocenters. The monoisotopic (exact) mass is 357 g/mol. The molecule has 1 aliphatic rings. The Hall–Kier alpha value is -2.24. The maximum atomic E-state index is 14.1. The van der Waals surface area contributed by atoms with E-state index in [4.69, 9.17) is 4.42 Å². The highest BCUT2D eigenvalue weighted by atomic mass is 19.2. The van der Waals surface area contributed by atoms with E-state index in [0.717, 1.165) is 12.6 Å². The molecule has 2 aromatic carbocycles. The van der Waals surface area contributed by atoms with E-state index >= 15 is 0 Å². The highest BCUT2D eigenvalue weighted by molar-refractivity contribution is 5.82. The first-order chi connectivity index (χ1) is 12.5.